The standard InChI is InChI=1S/C18H28N4O2/c1-2-4-17(23)22-8-3-5-15(13-22)18(24)21-9-6-14(7-10-21)16-11-19-20-12-16/h11-12,14-15H,2-10,13H2,1H3,(H,19,20). The van der Waals surface area contributed by atoms with E-state index in [9.17, 15) is 9.59 Å². The highest BCUT2D eigenvalue weighted by Gasteiger charge is 2.33. The molecule has 1 unspecified atom stereocenters. The molecule has 132 valence electrons. The summed E-state index contributed by atoms with van der Waals surface area (Å²) in [5.41, 5.74) is 1.25. The van der Waals surface area contributed by atoms with E-state index in [2.05, 4.69) is 10.2 Å². The zero-order valence-electron chi connectivity index (χ0n) is 14.5. The number of rotatable bonds is 4. The minimum atomic E-state index is -0.00923. The normalized spacial score (nSPS) is 22.6. The Bertz CT molecular complexity index is 549. The summed E-state index contributed by atoms with van der Waals surface area (Å²) in [5.74, 6) is 0.940. The molecule has 1 aromatic rings. The van der Waals surface area contributed by atoms with E-state index in [4.69, 9.17) is 0 Å². The molecule has 2 amide bonds. The van der Waals surface area contributed by atoms with Crippen LogP contribution in [-0.2, 0) is 9.59 Å². The van der Waals surface area contributed by atoms with E-state index in [1.807, 2.05) is 29.1 Å². The van der Waals surface area contributed by atoms with Crippen LogP contribution in [0.15, 0.2) is 12.4 Å². The summed E-state index contributed by atoms with van der Waals surface area (Å²) >= 11 is 0. The Kier molecular flexibility index (Phi) is 5.53. The lowest BCUT2D eigenvalue weighted by atomic mass is 9.90. The number of H-pyrrole nitrogens is 1. The molecule has 1 N–H and O–H groups in total. The molecule has 6 nitrogen and oxygen atoms in total. The minimum absolute atomic E-state index is 0.00923. The number of nitrogens with one attached hydrogen (secondary N) is 1. The van der Waals surface area contributed by atoms with Crippen LogP contribution in [0.1, 0.15) is 56.9 Å². The molecule has 0 spiro atoms. The zero-order valence-corrected chi connectivity index (χ0v) is 14.5. The van der Waals surface area contributed by atoms with E-state index >= 15 is 0 Å². The molecule has 0 aliphatic carbocycles. The number of piperidine rings is 2. The van der Waals surface area contributed by atoms with Gasteiger partial charge < -0.3 is 9.80 Å². The first-order valence-corrected chi connectivity index (χ1v) is 9.24. The first-order valence-electron chi connectivity index (χ1n) is 9.24. The molecule has 2 saturated heterocycles. The number of nitrogens with zero attached hydrogens (tertiary/aromatic N) is 3. The highest BCUT2D eigenvalue weighted by atomic mass is 16.2. The highest BCUT2D eigenvalue weighted by Crippen LogP contribution is 2.29. The number of aromatic amines is 1. The van der Waals surface area contributed by atoms with Crippen molar-refractivity contribution in [2.24, 2.45) is 5.92 Å². The van der Waals surface area contributed by atoms with Gasteiger partial charge in [0.25, 0.3) is 0 Å². The molecule has 0 radical (unpaired) electrons. The van der Waals surface area contributed by atoms with E-state index in [1.54, 1.807) is 0 Å². The molecule has 6 heteroatoms. The Hall–Kier alpha value is -1.85. The third kappa shape index (κ3) is 3.79. The summed E-state index contributed by atoms with van der Waals surface area (Å²) < 4.78 is 0. The van der Waals surface area contributed by atoms with Crippen molar-refractivity contribution >= 4 is 11.8 Å². The van der Waals surface area contributed by atoms with Crippen molar-refractivity contribution in [3.63, 3.8) is 0 Å². The fourth-order valence-corrected chi connectivity index (χ4v) is 3.95. The number of hydrogen-bond donors (Lipinski definition) is 1. The lowest BCUT2D eigenvalue weighted by Crippen LogP contribution is -2.48. The van der Waals surface area contributed by atoms with Crippen LogP contribution in [-0.4, -0.2) is 58.0 Å². The fraction of sp³-hybridized carbons (Fsp3) is 0.722. The molecule has 3 rings (SSSR count). The number of likely N-dealkylation sites (tertiary alicyclic amines) is 2. The summed E-state index contributed by atoms with van der Waals surface area (Å²) in [6.45, 7) is 5.07. The van der Waals surface area contributed by atoms with Gasteiger partial charge in [0.2, 0.25) is 11.8 Å². The van der Waals surface area contributed by atoms with E-state index in [0.717, 1.165) is 51.7 Å². The SMILES string of the molecule is CCCC(=O)N1CCCC(C(=O)N2CCC(c3cn[nH]c3)CC2)C1. The molecule has 0 saturated carbocycles. The Morgan fingerprint density at radius 2 is 2.00 bits per heavy atom. The fourth-order valence-electron chi connectivity index (χ4n) is 3.95. The van der Waals surface area contributed by atoms with Crippen molar-refractivity contribution in [3.05, 3.63) is 18.0 Å². The minimum Gasteiger partial charge on any atom is -0.342 e. The average Bonchev–Trinajstić information content (AvgIpc) is 3.16. The smallest absolute Gasteiger partial charge is 0.227 e. The van der Waals surface area contributed by atoms with Crippen LogP contribution in [0, 0.1) is 5.92 Å². The molecule has 1 aromatic heterocycles. The van der Waals surface area contributed by atoms with E-state index in [0.29, 0.717) is 18.9 Å². The zero-order chi connectivity index (χ0) is 16.9. The maximum atomic E-state index is 12.8. The van der Waals surface area contributed by atoms with Gasteiger partial charge in [-0.25, -0.2) is 0 Å². The topological polar surface area (TPSA) is 69.3 Å². The van der Waals surface area contributed by atoms with Gasteiger partial charge in [-0.15, -0.1) is 0 Å². The summed E-state index contributed by atoms with van der Waals surface area (Å²) in [7, 11) is 0. The first-order chi connectivity index (χ1) is 11.7. The van der Waals surface area contributed by atoms with E-state index in [-0.39, 0.29) is 17.7 Å². The Balaban J connectivity index is 1.52. The van der Waals surface area contributed by atoms with Gasteiger partial charge in [-0.3, -0.25) is 14.7 Å². The highest BCUT2D eigenvalue weighted by molar-refractivity contribution is 5.81. The molecule has 2 fully saturated rings. The largest absolute Gasteiger partial charge is 0.342 e. The third-order valence-corrected chi connectivity index (χ3v) is 5.38. The van der Waals surface area contributed by atoms with Crippen molar-refractivity contribution in [1.82, 2.24) is 20.0 Å². The van der Waals surface area contributed by atoms with Gasteiger partial charge in [0.15, 0.2) is 0 Å². The number of amides is 2. The molecule has 24 heavy (non-hydrogen) atoms. The van der Waals surface area contributed by atoms with Crippen molar-refractivity contribution in [2.45, 2.75) is 51.4 Å². The Labute approximate surface area is 143 Å². The van der Waals surface area contributed by atoms with Crippen LogP contribution in [0.25, 0.3) is 0 Å². The lowest BCUT2D eigenvalue weighted by Gasteiger charge is -2.37. The number of hydrogen-bond acceptors (Lipinski definition) is 3. The molecule has 2 aliphatic rings. The van der Waals surface area contributed by atoms with Gasteiger partial charge >= 0.3 is 0 Å². The predicted octanol–water partition coefficient (Wildman–Crippen LogP) is 2.15. The van der Waals surface area contributed by atoms with Crippen LogP contribution in [0.5, 0.6) is 0 Å². The molecular formula is C18H28N4O2. The van der Waals surface area contributed by atoms with Gasteiger partial charge in [-0.1, -0.05) is 6.92 Å². The molecule has 1 atom stereocenters. The van der Waals surface area contributed by atoms with Crippen LogP contribution < -0.4 is 0 Å². The van der Waals surface area contributed by atoms with Gasteiger partial charge in [-0.05, 0) is 43.6 Å². The van der Waals surface area contributed by atoms with E-state index in [1.165, 1.54) is 5.56 Å². The number of aromatic nitrogens is 2. The van der Waals surface area contributed by atoms with Gasteiger partial charge in [0.1, 0.15) is 0 Å². The number of carbonyl (C=O) groups is 2. The monoisotopic (exact) mass is 332 g/mol. The van der Waals surface area contributed by atoms with Crippen LogP contribution >= 0.6 is 0 Å². The third-order valence-electron chi connectivity index (χ3n) is 5.38. The van der Waals surface area contributed by atoms with E-state index < -0.39 is 0 Å². The summed E-state index contributed by atoms with van der Waals surface area (Å²) in [6, 6.07) is 0. The summed E-state index contributed by atoms with van der Waals surface area (Å²) in [6.07, 6.45) is 9.16. The first kappa shape index (κ1) is 17.0. The average molecular weight is 332 g/mol. The van der Waals surface area contributed by atoms with Gasteiger partial charge in [0, 0.05) is 38.8 Å². The number of carbonyl (C=O) groups excluding carboxylic acids is 2. The summed E-state index contributed by atoms with van der Waals surface area (Å²) in [4.78, 5) is 28.9. The quantitative estimate of drug-likeness (QED) is 0.918. The second kappa shape index (κ2) is 7.81. The molecule has 3 heterocycles. The van der Waals surface area contributed by atoms with Crippen molar-refractivity contribution in [3.8, 4) is 0 Å². The van der Waals surface area contributed by atoms with Crippen molar-refractivity contribution in [2.75, 3.05) is 26.2 Å². The van der Waals surface area contributed by atoms with Crippen LogP contribution in [0.4, 0.5) is 0 Å². The van der Waals surface area contributed by atoms with Crippen molar-refractivity contribution in [1.29, 1.82) is 0 Å². The van der Waals surface area contributed by atoms with Gasteiger partial charge in [-0.2, -0.15) is 5.10 Å². The second-order valence-electron chi connectivity index (χ2n) is 7.06. The van der Waals surface area contributed by atoms with Crippen LogP contribution in [0.2, 0.25) is 0 Å². The van der Waals surface area contributed by atoms with Crippen molar-refractivity contribution < 1.29 is 9.59 Å². The predicted molar refractivity (Wildman–Crippen MR) is 91.4 cm³/mol. The second-order valence-corrected chi connectivity index (χ2v) is 7.06. The molecule has 2 aliphatic heterocycles. The maximum absolute atomic E-state index is 12.8. The summed E-state index contributed by atoms with van der Waals surface area (Å²) in [5, 5.41) is 6.89. The molecule has 0 bridgehead atoms. The van der Waals surface area contributed by atoms with Gasteiger partial charge in [0.05, 0.1) is 12.1 Å². The molecule has 0 aromatic carbocycles. The Morgan fingerprint density at radius 1 is 1.21 bits per heavy atom. The lowest BCUT2D eigenvalue weighted by molar-refractivity contribution is -0.141. The Morgan fingerprint density at radius 3 is 2.67 bits per heavy atom. The van der Waals surface area contributed by atoms with Crippen LogP contribution in [0.3, 0.4) is 0 Å². The maximum Gasteiger partial charge on any atom is 0.227 e. The molecular weight excluding hydrogens is 304 g/mol.